The molecule has 2 N–H and O–H groups in total. The molecule has 0 spiro atoms. The molecule has 0 heterocycles. The Balaban J connectivity index is 1.84. The molecule has 18 heavy (non-hydrogen) atoms. The highest BCUT2D eigenvalue weighted by atomic mass is 19.1. The fourth-order valence-electron chi connectivity index (χ4n) is 3.19. The van der Waals surface area contributed by atoms with Gasteiger partial charge in [0.1, 0.15) is 11.6 Å². The van der Waals surface area contributed by atoms with Gasteiger partial charge >= 0.3 is 0 Å². The van der Waals surface area contributed by atoms with Crippen LogP contribution in [0.1, 0.15) is 19.3 Å². The Morgan fingerprint density at radius 1 is 1.28 bits per heavy atom. The van der Waals surface area contributed by atoms with Crippen LogP contribution in [0, 0.1) is 23.5 Å². The molecule has 3 atom stereocenters. The summed E-state index contributed by atoms with van der Waals surface area (Å²) < 4.78 is 26.4. The van der Waals surface area contributed by atoms with E-state index < -0.39 is 11.6 Å². The first kappa shape index (κ1) is 11.4. The Kier molecular flexibility index (Phi) is 2.69. The highest BCUT2D eigenvalue weighted by molar-refractivity contribution is 5.96. The van der Waals surface area contributed by atoms with E-state index in [1.54, 1.807) is 0 Å². The lowest BCUT2D eigenvalue weighted by Crippen LogP contribution is -2.35. The minimum atomic E-state index is -0.616. The van der Waals surface area contributed by atoms with Crippen LogP contribution in [-0.2, 0) is 0 Å². The second-order valence-corrected chi connectivity index (χ2v) is 5.04. The highest BCUT2D eigenvalue weighted by Crippen LogP contribution is 2.44. The average Bonchev–Trinajstić information content (AvgIpc) is 2.93. The number of hydrogen-bond acceptors (Lipinski definition) is 3. The zero-order valence-corrected chi connectivity index (χ0v) is 9.74. The lowest BCUT2D eigenvalue weighted by atomic mass is 9.93. The summed E-state index contributed by atoms with van der Waals surface area (Å²) in [7, 11) is 0. The quantitative estimate of drug-likeness (QED) is 0.627. The van der Waals surface area contributed by atoms with Crippen LogP contribution in [0.3, 0.4) is 0 Å². The topological polar surface area (TPSA) is 44.6 Å². The molecule has 0 unspecified atom stereocenters. The predicted octanol–water partition coefficient (Wildman–Crippen LogP) is 3.01. The molecule has 3 nitrogen and oxygen atoms in total. The van der Waals surface area contributed by atoms with Gasteiger partial charge in [0, 0.05) is 12.0 Å². The van der Waals surface area contributed by atoms with Crippen molar-refractivity contribution < 1.29 is 14.0 Å². The Morgan fingerprint density at radius 2 is 2.11 bits per heavy atom. The Morgan fingerprint density at radius 3 is 2.83 bits per heavy atom. The first-order valence-corrected chi connectivity index (χ1v) is 6.12. The van der Waals surface area contributed by atoms with Crippen molar-refractivity contribution >= 4 is 11.4 Å². The Labute approximate surface area is 103 Å². The molecule has 0 amide bonds. The van der Waals surface area contributed by atoms with Crippen molar-refractivity contribution in [3.8, 4) is 0 Å². The van der Waals surface area contributed by atoms with Gasteiger partial charge < -0.3 is 10.5 Å². The minimum Gasteiger partial charge on any atom is -0.411 e. The smallest absolute Gasteiger partial charge is 0.149 e. The molecule has 5 heteroatoms. The lowest BCUT2D eigenvalue weighted by Gasteiger charge is -2.25. The van der Waals surface area contributed by atoms with Crippen molar-refractivity contribution in [3.05, 3.63) is 29.8 Å². The van der Waals surface area contributed by atoms with Crippen LogP contribution in [0.2, 0.25) is 0 Å². The standard InChI is InChI=1S/C13H14F2N2O/c14-9-3-4-11(10(15)6-9)16-12-7-1-2-8(5-7)13(12)17-18/h3-4,6-8,12,16,18H,1-2,5H2/b17-13+/t7-,8-,12+/m0/s1. The van der Waals surface area contributed by atoms with E-state index in [2.05, 4.69) is 10.5 Å². The van der Waals surface area contributed by atoms with Crippen LogP contribution in [0.25, 0.3) is 0 Å². The number of halogens is 2. The summed E-state index contributed by atoms with van der Waals surface area (Å²) in [6, 6.07) is 3.32. The first-order chi connectivity index (χ1) is 8.69. The maximum Gasteiger partial charge on any atom is 0.149 e. The Hall–Kier alpha value is -1.65. The molecule has 1 aromatic carbocycles. The van der Waals surface area contributed by atoms with Gasteiger partial charge in [0.25, 0.3) is 0 Å². The van der Waals surface area contributed by atoms with Crippen LogP contribution in [0.5, 0.6) is 0 Å². The van der Waals surface area contributed by atoms with E-state index >= 15 is 0 Å². The molecule has 2 fully saturated rings. The van der Waals surface area contributed by atoms with Gasteiger partial charge in [0.05, 0.1) is 17.4 Å². The van der Waals surface area contributed by atoms with Gasteiger partial charge in [-0.25, -0.2) is 8.78 Å². The van der Waals surface area contributed by atoms with E-state index in [0.29, 0.717) is 17.5 Å². The largest absolute Gasteiger partial charge is 0.411 e. The van der Waals surface area contributed by atoms with Gasteiger partial charge in [-0.1, -0.05) is 5.16 Å². The number of fused-ring (bicyclic) bond motifs is 2. The highest BCUT2D eigenvalue weighted by Gasteiger charge is 2.45. The van der Waals surface area contributed by atoms with Gasteiger partial charge in [-0.05, 0) is 37.3 Å². The van der Waals surface area contributed by atoms with Gasteiger partial charge in [-0.2, -0.15) is 0 Å². The molecule has 1 aromatic rings. The summed E-state index contributed by atoms with van der Waals surface area (Å²) in [5, 5.41) is 15.4. The lowest BCUT2D eigenvalue weighted by molar-refractivity contribution is 0.312. The van der Waals surface area contributed by atoms with Crippen LogP contribution in [-0.4, -0.2) is 17.0 Å². The molecule has 2 bridgehead atoms. The molecule has 0 aromatic heterocycles. The molecule has 0 saturated heterocycles. The number of rotatable bonds is 2. The van der Waals surface area contributed by atoms with E-state index in [1.807, 2.05) is 0 Å². The maximum atomic E-state index is 13.6. The Bertz CT molecular complexity index is 504. The summed E-state index contributed by atoms with van der Waals surface area (Å²) in [6.45, 7) is 0. The van der Waals surface area contributed by atoms with Crippen molar-refractivity contribution in [1.82, 2.24) is 0 Å². The van der Waals surface area contributed by atoms with Crippen molar-refractivity contribution in [2.24, 2.45) is 17.0 Å². The zero-order valence-electron chi connectivity index (χ0n) is 9.74. The number of oxime groups is 1. The van der Waals surface area contributed by atoms with Crippen LogP contribution < -0.4 is 5.32 Å². The fourth-order valence-corrected chi connectivity index (χ4v) is 3.19. The molecule has 2 aliphatic rings. The number of nitrogens with one attached hydrogen (secondary N) is 1. The van der Waals surface area contributed by atoms with E-state index in [1.165, 1.54) is 12.1 Å². The molecular formula is C13H14F2N2O. The van der Waals surface area contributed by atoms with Crippen molar-refractivity contribution in [1.29, 1.82) is 0 Å². The second kappa shape index (κ2) is 4.23. The third-order valence-corrected chi connectivity index (χ3v) is 4.04. The van der Waals surface area contributed by atoms with Gasteiger partial charge in [-0.15, -0.1) is 0 Å². The average molecular weight is 252 g/mol. The second-order valence-electron chi connectivity index (χ2n) is 5.04. The van der Waals surface area contributed by atoms with Gasteiger partial charge in [0.2, 0.25) is 0 Å². The summed E-state index contributed by atoms with van der Waals surface area (Å²) in [6.07, 6.45) is 3.08. The van der Waals surface area contributed by atoms with Crippen LogP contribution in [0.15, 0.2) is 23.4 Å². The van der Waals surface area contributed by atoms with Crippen molar-refractivity contribution in [2.45, 2.75) is 25.3 Å². The fraction of sp³-hybridized carbons (Fsp3) is 0.462. The number of nitrogens with zero attached hydrogens (tertiary/aromatic N) is 1. The monoisotopic (exact) mass is 252 g/mol. The maximum absolute atomic E-state index is 13.6. The van der Waals surface area contributed by atoms with E-state index in [0.717, 1.165) is 25.3 Å². The van der Waals surface area contributed by atoms with Crippen molar-refractivity contribution in [3.63, 3.8) is 0 Å². The normalized spacial score (nSPS) is 32.1. The minimum absolute atomic E-state index is 0.131. The molecule has 0 aliphatic heterocycles. The van der Waals surface area contributed by atoms with Gasteiger partial charge in [0.15, 0.2) is 0 Å². The van der Waals surface area contributed by atoms with E-state index in [-0.39, 0.29) is 11.7 Å². The first-order valence-electron chi connectivity index (χ1n) is 6.12. The predicted molar refractivity (Wildman–Crippen MR) is 63.8 cm³/mol. The van der Waals surface area contributed by atoms with Crippen LogP contribution >= 0.6 is 0 Å². The zero-order chi connectivity index (χ0) is 12.7. The van der Waals surface area contributed by atoms with Gasteiger partial charge in [-0.3, -0.25) is 0 Å². The third kappa shape index (κ3) is 1.74. The van der Waals surface area contributed by atoms with Crippen molar-refractivity contribution in [2.75, 3.05) is 5.32 Å². The van der Waals surface area contributed by atoms with E-state index in [9.17, 15) is 8.78 Å². The SMILES string of the molecule is O/N=C1\[C@H]2CC[C@@H](C2)[C@H]1Nc1ccc(F)cc1F. The summed E-state index contributed by atoms with van der Waals surface area (Å²) in [5.74, 6) is -0.525. The molecule has 96 valence electrons. The van der Waals surface area contributed by atoms with E-state index in [4.69, 9.17) is 5.21 Å². The summed E-state index contributed by atoms with van der Waals surface area (Å²) in [5.41, 5.74) is 0.963. The molecule has 2 aliphatic carbocycles. The van der Waals surface area contributed by atoms with Crippen LogP contribution in [0.4, 0.5) is 14.5 Å². The molecule has 2 saturated carbocycles. The number of benzene rings is 1. The summed E-state index contributed by atoms with van der Waals surface area (Å²) >= 11 is 0. The summed E-state index contributed by atoms with van der Waals surface area (Å²) in [4.78, 5) is 0. The third-order valence-electron chi connectivity index (χ3n) is 4.04. The molecule has 0 radical (unpaired) electrons. The number of hydrogen-bond donors (Lipinski definition) is 2. The number of anilines is 1. The molecular weight excluding hydrogens is 238 g/mol. The molecule has 3 rings (SSSR count).